The molecule has 6 nitrogen and oxygen atoms in total. The standard InChI is InChI=1S/C20H25N3O3S.ClH/c1-15-7-9-17(22-20(24)10-8-16-11-12-21-14-16)13-19(15)23-27(25,26)18-5-3-2-4-6-18;/h2-7,9,13,16,21,23H,8,10-12,14H2,1H3,(H,22,24);1H. The SMILES string of the molecule is Cc1ccc(NC(=O)CCC2CCNC2)cc1NS(=O)(=O)c1ccccc1.Cl. The Morgan fingerprint density at radius 2 is 1.93 bits per heavy atom. The lowest BCUT2D eigenvalue weighted by atomic mass is 10.0. The first-order chi connectivity index (χ1) is 12.9. The molecular formula is C20H26ClN3O3S. The van der Waals surface area contributed by atoms with Gasteiger partial charge in [0, 0.05) is 12.1 Å². The van der Waals surface area contributed by atoms with Crippen LogP contribution in [-0.2, 0) is 14.8 Å². The molecule has 1 fully saturated rings. The van der Waals surface area contributed by atoms with Gasteiger partial charge in [-0.05, 0) is 68.6 Å². The third-order valence-corrected chi connectivity index (χ3v) is 6.14. The molecule has 1 amide bonds. The lowest BCUT2D eigenvalue weighted by Crippen LogP contribution is -2.16. The van der Waals surface area contributed by atoms with Crippen LogP contribution in [0.1, 0.15) is 24.8 Å². The zero-order chi connectivity index (χ0) is 19.3. The van der Waals surface area contributed by atoms with Gasteiger partial charge in [-0.15, -0.1) is 12.4 Å². The molecule has 2 aromatic rings. The van der Waals surface area contributed by atoms with Gasteiger partial charge in [0.15, 0.2) is 0 Å². The van der Waals surface area contributed by atoms with Crippen LogP contribution in [0.2, 0.25) is 0 Å². The number of rotatable bonds is 7. The van der Waals surface area contributed by atoms with Gasteiger partial charge in [-0.2, -0.15) is 0 Å². The van der Waals surface area contributed by atoms with E-state index in [1.807, 2.05) is 6.92 Å². The van der Waals surface area contributed by atoms with Crippen LogP contribution in [0.15, 0.2) is 53.4 Å². The topological polar surface area (TPSA) is 87.3 Å². The molecule has 0 spiro atoms. The fraction of sp³-hybridized carbons (Fsp3) is 0.350. The maximum absolute atomic E-state index is 12.5. The van der Waals surface area contributed by atoms with Crippen molar-refractivity contribution in [2.75, 3.05) is 23.1 Å². The Morgan fingerprint density at radius 3 is 2.61 bits per heavy atom. The highest BCUT2D eigenvalue weighted by Gasteiger charge is 2.17. The number of amides is 1. The molecule has 28 heavy (non-hydrogen) atoms. The number of sulfonamides is 1. The Morgan fingerprint density at radius 1 is 1.18 bits per heavy atom. The predicted molar refractivity (Wildman–Crippen MR) is 115 cm³/mol. The lowest BCUT2D eigenvalue weighted by molar-refractivity contribution is -0.116. The second-order valence-corrected chi connectivity index (χ2v) is 8.58. The monoisotopic (exact) mass is 423 g/mol. The first-order valence-electron chi connectivity index (χ1n) is 9.13. The summed E-state index contributed by atoms with van der Waals surface area (Å²) in [5.41, 5.74) is 1.82. The van der Waals surface area contributed by atoms with Crippen LogP contribution < -0.4 is 15.4 Å². The molecule has 3 N–H and O–H groups in total. The number of halogens is 1. The molecule has 0 bridgehead atoms. The molecule has 152 valence electrons. The van der Waals surface area contributed by atoms with Gasteiger partial charge in [-0.25, -0.2) is 8.42 Å². The van der Waals surface area contributed by atoms with Crippen molar-refractivity contribution in [3.8, 4) is 0 Å². The van der Waals surface area contributed by atoms with Gasteiger partial charge >= 0.3 is 0 Å². The van der Waals surface area contributed by atoms with Crippen LogP contribution in [0.4, 0.5) is 11.4 Å². The molecular weight excluding hydrogens is 398 g/mol. The summed E-state index contributed by atoms with van der Waals surface area (Å²) in [6, 6.07) is 13.4. The first kappa shape index (κ1) is 22.2. The van der Waals surface area contributed by atoms with E-state index in [4.69, 9.17) is 0 Å². The van der Waals surface area contributed by atoms with E-state index >= 15 is 0 Å². The highest BCUT2D eigenvalue weighted by Crippen LogP contribution is 2.24. The summed E-state index contributed by atoms with van der Waals surface area (Å²) in [5, 5.41) is 6.16. The van der Waals surface area contributed by atoms with Gasteiger partial charge in [0.2, 0.25) is 5.91 Å². The van der Waals surface area contributed by atoms with E-state index < -0.39 is 10.0 Å². The minimum Gasteiger partial charge on any atom is -0.326 e. The van der Waals surface area contributed by atoms with Crippen molar-refractivity contribution < 1.29 is 13.2 Å². The fourth-order valence-electron chi connectivity index (χ4n) is 3.13. The third kappa shape index (κ3) is 5.95. The maximum atomic E-state index is 12.5. The van der Waals surface area contributed by atoms with Crippen molar-refractivity contribution in [1.82, 2.24) is 5.32 Å². The minimum absolute atomic E-state index is 0. The molecule has 1 saturated heterocycles. The number of hydrogen-bond donors (Lipinski definition) is 3. The highest BCUT2D eigenvalue weighted by atomic mass is 35.5. The predicted octanol–water partition coefficient (Wildman–Crippen LogP) is 3.55. The highest BCUT2D eigenvalue weighted by molar-refractivity contribution is 7.92. The molecule has 2 aromatic carbocycles. The van der Waals surface area contributed by atoms with Crippen LogP contribution in [0.3, 0.4) is 0 Å². The van der Waals surface area contributed by atoms with E-state index in [1.165, 1.54) is 0 Å². The van der Waals surface area contributed by atoms with Crippen LogP contribution in [-0.4, -0.2) is 27.4 Å². The fourth-order valence-corrected chi connectivity index (χ4v) is 4.28. The molecule has 1 unspecified atom stereocenters. The van der Waals surface area contributed by atoms with Crippen molar-refractivity contribution in [3.05, 3.63) is 54.1 Å². The molecule has 1 heterocycles. The van der Waals surface area contributed by atoms with Gasteiger partial charge in [0.05, 0.1) is 10.6 Å². The van der Waals surface area contributed by atoms with Crippen molar-refractivity contribution in [1.29, 1.82) is 0 Å². The summed E-state index contributed by atoms with van der Waals surface area (Å²) in [4.78, 5) is 12.4. The van der Waals surface area contributed by atoms with Crippen LogP contribution in [0, 0.1) is 12.8 Å². The molecule has 0 radical (unpaired) electrons. The number of carbonyl (C=O) groups is 1. The van der Waals surface area contributed by atoms with E-state index in [0.29, 0.717) is 23.7 Å². The summed E-state index contributed by atoms with van der Waals surface area (Å²) >= 11 is 0. The number of aryl methyl sites for hydroxylation is 1. The van der Waals surface area contributed by atoms with Gasteiger partial charge in [0.25, 0.3) is 10.0 Å². The maximum Gasteiger partial charge on any atom is 0.261 e. The van der Waals surface area contributed by atoms with E-state index in [0.717, 1.165) is 31.5 Å². The van der Waals surface area contributed by atoms with Gasteiger partial charge in [-0.1, -0.05) is 24.3 Å². The normalized spacial score (nSPS) is 16.2. The van der Waals surface area contributed by atoms with Gasteiger partial charge in [0.1, 0.15) is 0 Å². The molecule has 0 saturated carbocycles. The Hall–Kier alpha value is -2.09. The zero-order valence-electron chi connectivity index (χ0n) is 15.8. The van der Waals surface area contributed by atoms with Crippen molar-refractivity contribution >= 4 is 39.7 Å². The summed E-state index contributed by atoms with van der Waals surface area (Å²) in [6.07, 6.45) is 2.44. The zero-order valence-corrected chi connectivity index (χ0v) is 17.4. The summed E-state index contributed by atoms with van der Waals surface area (Å²) in [5.74, 6) is 0.504. The number of nitrogens with one attached hydrogen (secondary N) is 3. The van der Waals surface area contributed by atoms with Crippen molar-refractivity contribution in [3.63, 3.8) is 0 Å². The second-order valence-electron chi connectivity index (χ2n) is 6.89. The largest absolute Gasteiger partial charge is 0.326 e. The minimum atomic E-state index is -3.67. The smallest absolute Gasteiger partial charge is 0.261 e. The summed E-state index contributed by atoms with van der Waals surface area (Å²) in [6.45, 7) is 3.82. The molecule has 1 atom stereocenters. The molecule has 0 aliphatic carbocycles. The van der Waals surface area contributed by atoms with Gasteiger partial charge in [-0.3, -0.25) is 9.52 Å². The average molecular weight is 424 g/mol. The van der Waals surface area contributed by atoms with Crippen LogP contribution in [0.25, 0.3) is 0 Å². The molecule has 1 aliphatic heterocycles. The number of carbonyl (C=O) groups excluding carboxylic acids is 1. The van der Waals surface area contributed by atoms with Crippen LogP contribution in [0.5, 0.6) is 0 Å². The second kappa shape index (κ2) is 9.91. The lowest BCUT2D eigenvalue weighted by Gasteiger charge is -2.13. The Kier molecular flexibility index (Phi) is 7.86. The molecule has 0 aromatic heterocycles. The molecule has 1 aliphatic rings. The number of hydrogen-bond acceptors (Lipinski definition) is 4. The van der Waals surface area contributed by atoms with E-state index in [9.17, 15) is 13.2 Å². The Balaban J connectivity index is 0.00000280. The van der Waals surface area contributed by atoms with E-state index in [-0.39, 0.29) is 23.2 Å². The van der Waals surface area contributed by atoms with Crippen molar-refractivity contribution in [2.24, 2.45) is 5.92 Å². The van der Waals surface area contributed by atoms with Gasteiger partial charge < -0.3 is 10.6 Å². The van der Waals surface area contributed by atoms with E-state index in [2.05, 4.69) is 15.4 Å². The Bertz CT molecular complexity index is 898. The number of anilines is 2. The molecule has 3 rings (SSSR count). The average Bonchev–Trinajstić information content (AvgIpc) is 3.17. The Labute approximate surface area is 172 Å². The van der Waals surface area contributed by atoms with Crippen molar-refractivity contribution in [2.45, 2.75) is 31.1 Å². The summed E-state index contributed by atoms with van der Waals surface area (Å²) < 4.78 is 27.7. The molecule has 8 heteroatoms. The van der Waals surface area contributed by atoms with Crippen LogP contribution >= 0.6 is 12.4 Å². The van der Waals surface area contributed by atoms with E-state index in [1.54, 1.807) is 48.5 Å². The first-order valence-corrected chi connectivity index (χ1v) is 10.6. The summed E-state index contributed by atoms with van der Waals surface area (Å²) in [7, 11) is -3.67. The quantitative estimate of drug-likeness (QED) is 0.635. The number of benzene rings is 2. The third-order valence-electron chi connectivity index (χ3n) is 4.76.